The standard InChI is InChI=1S/C40H30/c1-2-9-28-22-31(17-16-27(28)8-1)33-21-20-32-23-30(18-19-34(32)24-33)29-11-7-12-35(25-29)40-26-36-10-3-4-13-37(36)38-14-5-6-15-39(38)40/h1-3,6-12,15-26H,4-5,13-14H2. The quantitative estimate of drug-likeness (QED) is 0.222. The first-order valence-electron chi connectivity index (χ1n) is 14.5. The van der Waals surface area contributed by atoms with E-state index in [0.717, 1.165) is 19.3 Å². The van der Waals surface area contributed by atoms with E-state index in [9.17, 15) is 0 Å². The van der Waals surface area contributed by atoms with Gasteiger partial charge in [0.15, 0.2) is 0 Å². The minimum Gasteiger partial charge on any atom is -0.0836 e. The van der Waals surface area contributed by atoms with E-state index in [0.29, 0.717) is 0 Å². The second-order valence-electron chi connectivity index (χ2n) is 11.2. The summed E-state index contributed by atoms with van der Waals surface area (Å²) in [5.74, 6) is 0. The van der Waals surface area contributed by atoms with Crippen molar-refractivity contribution >= 4 is 33.7 Å². The van der Waals surface area contributed by atoms with E-state index in [2.05, 4.69) is 133 Å². The SMILES string of the molecule is C1=Cc2cc(-c3cccc(-c4ccc5cc(-c6ccc7ccccc7c6)ccc5c4)c3)c3c(c2CC1)CCC=C3. The molecule has 0 bridgehead atoms. The fraction of sp³-hybridized carbons (Fsp3) is 0.100. The van der Waals surface area contributed by atoms with Crippen molar-refractivity contribution in [3.8, 4) is 33.4 Å². The Labute approximate surface area is 235 Å². The van der Waals surface area contributed by atoms with E-state index < -0.39 is 0 Å². The fourth-order valence-corrected chi connectivity index (χ4v) is 6.69. The van der Waals surface area contributed by atoms with Gasteiger partial charge in [0.2, 0.25) is 0 Å². The van der Waals surface area contributed by atoms with Crippen molar-refractivity contribution in [2.24, 2.45) is 0 Å². The molecule has 0 N–H and O–H groups in total. The summed E-state index contributed by atoms with van der Waals surface area (Å²) in [6, 6.07) is 40.6. The average Bonchev–Trinajstić information content (AvgIpc) is 3.03. The number of hydrogen-bond acceptors (Lipinski definition) is 0. The Bertz CT molecular complexity index is 2000. The highest BCUT2D eigenvalue weighted by Gasteiger charge is 2.19. The molecule has 0 spiro atoms. The number of rotatable bonds is 3. The second kappa shape index (κ2) is 9.50. The lowest BCUT2D eigenvalue weighted by molar-refractivity contribution is 0.906. The van der Waals surface area contributed by atoms with E-state index in [-0.39, 0.29) is 0 Å². The lowest BCUT2D eigenvalue weighted by Crippen LogP contribution is -2.07. The zero-order valence-corrected chi connectivity index (χ0v) is 22.5. The van der Waals surface area contributed by atoms with Crippen LogP contribution in [0.5, 0.6) is 0 Å². The summed E-state index contributed by atoms with van der Waals surface area (Å²) in [5.41, 5.74) is 13.7. The normalized spacial score (nSPS) is 13.9. The van der Waals surface area contributed by atoms with Crippen LogP contribution < -0.4 is 0 Å². The van der Waals surface area contributed by atoms with Crippen molar-refractivity contribution in [2.75, 3.05) is 0 Å². The van der Waals surface area contributed by atoms with E-state index >= 15 is 0 Å². The molecule has 8 rings (SSSR count). The molecule has 190 valence electrons. The maximum absolute atomic E-state index is 2.42. The summed E-state index contributed by atoms with van der Waals surface area (Å²) < 4.78 is 0. The number of fused-ring (bicyclic) bond motifs is 5. The molecule has 0 atom stereocenters. The minimum atomic E-state index is 1.15. The highest BCUT2D eigenvalue weighted by molar-refractivity contribution is 5.93. The molecule has 0 radical (unpaired) electrons. The van der Waals surface area contributed by atoms with Crippen LogP contribution in [0, 0.1) is 0 Å². The van der Waals surface area contributed by atoms with Gasteiger partial charge in [0, 0.05) is 0 Å². The molecule has 0 heteroatoms. The van der Waals surface area contributed by atoms with Crippen molar-refractivity contribution in [2.45, 2.75) is 25.7 Å². The van der Waals surface area contributed by atoms with Gasteiger partial charge in [-0.3, -0.25) is 0 Å². The fourth-order valence-electron chi connectivity index (χ4n) is 6.69. The third kappa shape index (κ3) is 4.00. The molecular formula is C40H30. The van der Waals surface area contributed by atoms with Crippen molar-refractivity contribution < 1.29 is 0 Å². The Morgan fingerprint density at radius 1 is 0.400 bits per heavy atom. The Balaban J connectivity index is 1.17. The van der Waals surface area contributed by atoms with Crippen molar-refractivity contribution in [3.63, 3.8) is 0 Å². The molecule has 0 amide bonds. The molecule has 0 saturated carbocycles. The van der Waals surface area contributed by atoms with Crippen LogP contribution in [0.3, 0.4) is 0 Å². The van der Waals surface area contributed by atoms with Crippen molar-refractivity contribution in [3.05, 3.63) is 144 Å². The Morgan fingerprint density at radius 3 is 1.73 bits per heavy atom. The van der Waals surface area contributed by atoms with Gasteiger partial charge in [-0.25, -0.2) is 0 Å². The first-order chi connectivity index (χ1) is 19.8. The van der Waals surface area contributed by atoms with Crippen molar-refractivity contribution in [1.82, 2.24) is 0 Å². The van der Waals surface area contributed by atoms with Crippen LogP contribution in [0.15, 0.2) is 121 Å². The van der Waals surface area contributed by atoms with Gasteiger partial charge in [0.25, 0.3) is 0 Å². The van der Waals surface area contributed by atoms with Gasteiger partial charge >= 0.3 is 0 Å². The van der Waals surface area contributed by atoms with Crippen LogP contribution >= 0.6 is 0 Å². The van der Waals surface area contributed by atoms with Crippen LogP contribution in [0.4, 0.5) is 0 Å². The van der Waals surface area contributed by atoms with Crippen molar-refractivity contribution in [1.29, 1.82) is 0 Å². The molecule has 0 aromatic heterocycles. The van der Waals surface area contributed by atoms with Gasteiger partial charge in [0.1, 0.15) is 0 Å². The summed E-state index contributed by atoms with van der Waals surface area (Å²) in [6.07, 6.45) is 14.0. The van der Waals surface area contributed by atoms with Gasteiger partial charge in [-0.1, -0.05) is 103 Å². The molecule has 0 saturated heterocycles. The van der Waals surface area contributed by atoms with Crippen LogP contribution in [-0.2, 0) is 12.8 Å². The zero-order valence-electron chi connectivity index (χ0n) is 22.5. The van der Waals surface area contributed by atoms with Crippen LogP contribution in [0.25, 0.3) is 67.1 Å². The first kappa shape index (κ1) is 23.2. The highest BCUT2D eigenvalue weighted by atomic mass is 14.2. The molecule has 0 aliphatic heterocycles. The summed E-state index contributed by atoms with van der Waals surface area (Å²) >= 11 is 0. The van der Waals surface area contributed by atoms with Crippen LogP contribution in [-0.4, -0.2) is 0 Å². The Hall–Kier alpha value is -4.68. The monoisotopic (exact) mass is 510 g/mol. The molecule has 0 nitrogen and oxygen atoms in total. The van der Waals surface area contributed by atoms with Crippen LogP contribution in [0.2, 0.25) is 0 Å². The minimum absolute atomic E-state index is 1.15. The van der Waals surface area contributed by atoms with Gasteiger partial charge in [-0.05, 0) is 133 Å². The second-order valence-corrected chi connectivity index (χ2v) is 11.2. The predicted octanol–water partition coefficient (Wildman–Crippen LogP) is 10.9. The summed E-state index contributed by atoms with van der Waals surface area (Å²) in [6.45, 7) is 0. The summed E-state index contributed by atoms with van der Waals surface area (Å²) in [4.78, 5) is 0. The summed E-state index contributed by atoms with van der Waals surface area (Å²) in [7, 11) is 0. The van der Waals surface area contributed by atoms with Gasteiger partial charge in [-0.15, -0.1) is 0 Å². The number of hydrogen-bond donors (Lipinski definition) is 0. The lowest BCUT2D eigenvalue weighted by Gasteiger charge is -2.24. The first-order valence-corrected chi connectivity index (χ1v) is 14.5. The average molecular weight is 511 g/mol. The Morgan fingerprint density at radius 2 is 0.975 bits per heavy atom. The number of allylic oxidation sites excluding steroid dienone is 2. The smallest absolute Gasteiger partial charge is 0.0102 e. The molecular weight excluding hydrogens is 480 g/mol. The molecule has 2 aliphatic carbocycles. The lowest BCUT2D eigenvalue weighted by atomic mass is 9.81. The molecule has 0 heterocycles. The molecule has 6 aromatic carbocycles. The summed E-state index contributed by atoms with van der Waals surface area (Å²) in [5, 5.41) is 5.10. The number of benzene rings is 6. The van der Waals surface area contributed by atoms with E-state index in [1.807, 2.05) is 0 Å². The zero-order chi connectivity index (χ0) is 26.5. The maximum atomic E-state index is 2.42. The van der Waals surface area contributed by atoms with Crippen LogP contribution in [0.1, 0.15) is 35.1 Å². The van der Waals surface area contributed by atoms with E-state index in [4.69, 9.17) is 0 Å². The maximum Gasteiger partial charge on any atom is -0.0102 e. The molecule has 0 fully saturated rings. The topological polar surface area (TPSA) is 0 Å². The Kier molecular flexibility index (Phi) is 5.52. The van der Waals surface area contributed by atoms with Gasteiger partial charge < -0.3 is 0 Å². The van der Waals surface area contributed by atoms with Gasteiger partial charge in [0.05, 0.1) is 0 Å². The van der Waals surface area contributed by atoms with Gasteiger partial charge in [-0.2, -0.15) is 0 Å². The van der Waals surface area contributed by atoms with E-state index in [1.54, 1.807) is 11.1 Å². The third-order valence-electron chi connectivity index (χ3n) is 8.76. The molecule has 6 aromatic rings. The van der Waals surface area contributed by atoms with E-state index in [1.165, 1.54) is 72.5 Å². The molecule has 0 unspecified atom stereocenters. The molecule has 40 heavy (non-hydrogen) atoms. The largest absolute Gasteiger partial charge is 0.0836 e. The highest BCUT2D eigenvalue weighted by Crippen LogP contribution is 2.39. The predicted molar refractivity (Wildman–Crippen MR) is 172 cm³/mol. The molecule has 2 aliphatic rings. The third-order valence-corrected chi connectivity index (χ3v) is 8.76.